The number of aryl methyl sites for hydroxylation is 1. The van der Waals surface area contributed by atoms with E-state index in [9.17, 15) is 14.7 Å². The van der Waals surface area contributed by atoms with Crippen LogP contribution in [0.3, 0.4) is 0 Å². The summed E-state index contributed by atoms with van der Waals surface area (Å²) in [5, 5.41) is 16.8. The molecule has 218 valence electrons. The van der Waals surface area contributed by atoms with E-state index in [0.717, 1.165) is 16.7 Å². The Morgan fingerprint density at radius 3 is 2.10 bits per heavy atom. The molecule has 1 aliphatic heterocycles. The van der Waals surface area contributed by atoms with E-state index in [1.54, 1.807) is 49.6 Å². The van der Waals surface area contributed by atoms with Crippen LogP contribution in [0.25, 0.3) is 0 Å². The van der Waals surface area contributed by atoms with Gasteiger partial charge in [-0.1, -0.05) is 65.8 Å². The SMILES string of the molecule is COc1ccc([C@@H](NC(=O)CCc2cc(C(C)(C)C)c(O)c(C(C)(C)C)c2)C(=O)Nc2ccc3c(c2)OCO3)cc1. The van der Waals surface area contributed by atoms with E-state index in [4.69, 9.17) is 14.2 Å². The average molecular weight is 561 g/mol. The maximum atomic E-state index is 13.5. The Bertz CT molecular complexity index is 1380. The maximum absolute atomic E-state index is 13.5. The first-order valence-corrected chi connectivity index (χ1v) is 13.8. The highest BCUT2D eigenvalue weighted by Crippen LogP contribution is 2.40. The van der Waals surface area contributed by atoms with Crippen molar-refractivity contribution in [3.8, 4) is 23.0 Å². The summed E-state index contributed by atoms with van der Waals surface area (Å²) in [5.41, 5.74) is 3.26. The molecule has 0 radical (unpaired) electrons. The van der Waals surface area contributed by atoms with Crippen molar-refractivity contribution in [2.45, 2.75) is 71.3 Å². The Morgan fingerprint density at radius 2 is 1.51 bits per heavy atom. The Balaban J connectivity index is 1.54. The van der Waals surface area contributed by atoms with E-state index >= 15 is 0 Å². The number of carbonyl (C=O) groups is 2. The number of fused-ring (bicyclic) bond motifs is 1. The zero-order valence-corrected chi connectivity index (χ0v) is 24.9. The lowest BCUT2D eigenvalue weighted by molar-refractivity contribution is -0.126. The summed E-state index contributed by atoms with van der Waals surface area (Å²) in [6, 6.07) is 15.2. The van der Waals surface area contributed by atoms with Crippen LogP contribution in [0.1, 0.15) is 76.3 Å². The molecular formula is C33H40N2O6. The molecule has 0 spiro atoms. The summed E-state index contributed by atoms with van der Waals surface area (Å²) < 4.78 is 16.0. The molecule has 3 aromatic carbocycles. The van der Waals surface area contributed by atoms with Crippen molar-refractivity contribution in [2.24, 2.45) is 0 Å². The fourth-order valence-electron chi connectivity index (χ4n) is 4.76. The minimum Gasteiger partial charge on any atom is -0.507 e. The smallest absolute Gasteiger partial charge is 0.251 e. The molecule has 0 bridgehead atoms. The molecular weight excluding hydrogens is 520 g/mol. The second-order valence-corrected chi connectivity index (χ2v) is 12.4. The van der Waals surface area contributed by atoms with Crippen molar-refractivity contribution in [3.63, 3.8) is 0 Å². The molecule has 3 aromatic rings. The summed E-state index contributed by atoms with van der Waals surface area (Å²) in [5.74, 6) is 1.45. The number of amides is 2. The zero-order valence-electron chi connectivity index (χ0n) is 24.9. The van der Waals surface area contributed by atoms with Crippen LogP contribution < -0.4 is 24.8 Å². The fraction of sp³-hybridized carbons (Fsp3) is 0.394. The van der Waals surface area contributed by atoms with Gasteiger partial charge >= 0.3 is 0 Å². The van der Waals surface area contributed by atoms with Crippen LogP contribution in [0.15, 0.2) is 54.6 Å². The first-order chi connectivity index (χ1) is 19.3. The van der Waals surface area contributed by atoms with Crippen LogP contribution in [-0.2, 0) is 26.8 Å². The number of nitrogens with one attached hydrogen (secondary N) is 2. The molecule has 0 unspecified atom stereocenters. The lowest BCUT2D eigenvalue weighted by Crippen LogP contribution is -2.37. The summed E-state index contributed by atoms with van der Waals surface area (Å²) in [6.07, 6.45) is 0.624. The molecule has 4 rings (SSSR count). The van der Waals surface area contributed by atoms with Gasteiger partial charge in [-0.25, -0.2) is 0 Å². The van der Waals surface area contributed by atoms with Crippen molar-refractivity contribution in [1.29, 1.82) is 0 Å². The fourth-order valence-corrected chi connectivity index (χ4v) is 4.76. The quantitative estimate of drug-likeness (QED) is 0.305. The van der Waals surface area contributed by atoms with Gasteiger partial charge in [-0.15, -0.1) is 0 Å². The molecule has 0 saturated heterocycles. The highest BCUT2D eigenvalue weighted by atomic mass is 16.7. The van der Waals surface area contributed by atoms with Crippen molar-refractivity contribution >= 4 is 17.5 Å². The summed E-state index contributed by atoms with van der Waals surface area (Å²) in [7, 11) is 1.57. The predicted molar refractivity (Wildman–Crippen MR) is 159 cm³/mol. The molecule has 1 atom stereocenters. The van der Waals surface area contributed by atoms with Crippen LogP contribution in [0.4, 0.5) is 5.69 Å². The van der Waals surface area contributed by atoms with Crippen molar-refractivity contribution in [1.82, 2.24) is 5.32 Å². The number of hydrogen-bond acceptors (Lipinski definition) is 6. The molecule has 1 heterocycles. The molecule has 41 heavy (non-hydrogen) atoms. The third-order valence-corrected chi connectivity index (χ3v) is 7.08. The third kappa shape index (κ3) is 7.12. The summed E-state index contributed by atoms with van der Waals surface area (Å²) >= 11 is 0. The van der Waals surface area contributed by atoms with E-state index in [-0.39, 0.29) is 30.0 Å². The number of anilines is 1. The lowest BCUT2D eigenvalue weighted by Gasteiger charge is -2.28. The van der Waals surface area contributed by atoms with Gasteiger partial charge in [0.25, 0.3) is 5.91 Å². The number of phenols is 1. The normalized spacial score (nSPS) is 13.4. The number of benzene rings is 3. The standard InChI is InChI=1S/C33H40N2O6/c1-32(2,3)24-16-20(17-25(30(24)37)33(4,5)6)8-15-28(36)35-29(21-9-12-23(39-7)13-10-21)31(38)34-22-11-14-26-27(18-22)41-19-40-26/h9-14,16-18,29,37H,8,15,19H2,1-7H3,(H,34,38)(H,35,36)/t29-/m1/s1. The van der Waals surface area contributed by atoms with Gasteiger partial charge in [0.05, 0.1) is 7.11 Å². The largest absolute Gasteiger partial charge is 0.507 e. The molecule has 1 aliphatic rings. The van der Waals surface area contributed by atoms with Crippen molar-refractivity contribution < 1.29 is 28.9 Å². The van der Waals surface area contributed by atoms with Gasteiger partial charge in [-0.2, -0.15) is 0 Å². The summed E-state index contributed by atoms with van der Waals surface area (Å²) in [4.78, 5) is 26.7. The van der Waals surface area contributed by atoms with Crippen LogP contribution >= 0.6 is 0 Å². The number of methoxy groups -OCH3 is 1. The van der Waals surface area contributed by atoms with Gasteiger partial charge in [0.15, 0.2) is 11.5 Å². The average Bonchev–Trinajstić information content (AvgIpc) is 3.38. The highest BCUT2D eigenvalue weighted by molar-refractivity contribution is 5.98. The Morgan fingerprint density at radius 1 is 0.902 bits per heavy atom. The van der Waals surface area contributed by atoms with Gasteiger partial charge in [0, 0.05) is 18.2 Å². The first-order valence-electron chi connectivity index (χ1n) is 13.8. The van der Waals surface area contributed by atoms with Crippen LogP contribution in [0, 0.1) is 0 Å². The van der Waals surface area contributed by atoms with Crippen LogP contribution in [0.5, 0.6) is 23.0 Å². The molecule has 0 fully saturated rings. The monoisotopic (exact) mass is 560 g/mol. The molecule has 8 nitrogen and oxygen atoms in total. The van der Waals surface area contributed by atoms with Gasteiger partial charge in [-0.05, 0) is 63.8 Å². The van der Waals surface area contributed by atoms with Crippen LogP contribution in [-0.4, -0.2) is 30.8 Å². The number of rotatable bonds is 8. The Labute approximate surface area is 242 Å². The Kier molecular flexibility index (Phi) is 8.52. The predicted octanol–water partition coefficient (Wildman–Crippen LogP) is 6.15. The van der Waals surface area contributed by atoms with Gasteiger partial charge < -0.3 is 30.0 Å². The number of phenolic OH excluding ortho intramolecular Hbond substituents is 1. The maximum Gasteiger partial charge on any atom is 0.251 e. The second kappa shape index (κ2) is 11.7. The lowest BCUT2D eigenvalue weighted by atomic mass is 9.78. The molecule has 0 aliphatic carbocycles. The highest BCUT2D eigenvalue weighted by Gasteiger charge is 2.28. The van der Waals surface area contributed by atoms with E-state index in [0.29, 0.717) is 40.7 Å². The van der Waals surface area contributed by atoms with E-state index < -0.39 is 11.9 Å². The van der Waals surface area contributed by atoms with E-state index in [2.05, 4.69) is 52.2 Å². The Hall–Kier alpha value is -4.20. The minimum atomic E-state index is -0.936. The zero-order chi connectivity index (χ0) is 29.9. The first kappa shape index (κ1) is 29.8. The van der Waals surface area contributed by atoms with Gasteiger partial charge in [-0.3, -0.25) is 9.59 Å². The van der Waals surface area contributed by atoms with E-state index in [1.165, 1.54) is 0 Å². The van der Waals surface area contributed by atoms with Crippen molar-refractivity contribution in [3.05, 3.63) is 76.9 Å². The minimum absolute atomic E-state index is 0.132. The van der Waals surface area contributed by atoms with E-state index in [1.807, 2.05) is 12.1 Å². The molecule has 3 N–H and O–H groups in total. The molecule has 8 heteroatoms. The topological polar surface area (TPSA) is 106 Å². The van der Waals surface area contributed by atoms with Gasteiger partial charge in [0.2, 0.25) is 12.7 Å². The van der Waals surface area contributed by atoms with Crippen molar-refractivity contribution in [2.75, 3.05) is 19.2 Å². The number of carbonyl (C=O) groups excluding carboxylic acids is 2. The summed E-state index contributed by atoms with van der Waals surface area (Å²) in [6.45, 7) is 12.5. The van der Waals surface area contributed by atoms with Gasteiger partial charge in [0.1, 0.15) is 17.5 Å². The number of ether oxygens (including phenoxy) is 3. The molecule has 0 aromatic heterocycles. The third-order valence-electron chi connectivity index (χ3n) is 7.08. The second-order valence-electron chi connectivity index (χ2n) is 12.4. The van der Waals surface area contributed by atoms with Crippen LogP contribution in [0.2, 0.25) is 0 Å². The number of hydrogen-bond donors (Lipinski definition) is 3. The molecule has 2 amide bonds. The number of aromatic hydroxyl groups is 1. The molecule has 0 saturated carbocycles.